The quantitative estimate of drug-likeness (QED) is 0.313. The summed E-state index contributed by atoms with van der Waals surface area (Å²) in [5, 5.41) is 22.0. The summed E-state index contributed by atoms with van der Waals surface area (Å²) in [5.74, 6) is -3.13. The lowest BCUT2D eigenvalue weighted by Gasteiger charge is -2.36. The van der Waals surface area contributed by atoms with E-state index >= 15 is 0 Å². The maximum atomic E-state index is 12.7. The molecule has 4 rings (SSSR count). The molecule has 0 saturated heterocycles. The number of aromatic carboxylic acids is 1. The number of carboxylic acid groups (broad SMARTS) is 1. The summed E-state index contributed by atoms with van der Waals surface area (Å²) in [6, 6.07) is 5.60. The van der Waals surface area contributed by atoms with Crippen LogP contribution in [-0.4, -0.2) is 46.6 Å². The van der Waals surface area contributed by atoms with Gasteiger partial charge >= 0.3 is 5.97 Å². The van der Waals surface area contributed by atoms with Crippen LogP contribution in [0.4, 0.5) is 5.69 Å². The van der Waals surface area contributed by atoms with Gasteiger partial charge in [0.2, 0.25) is 5.78 Å². The minimum Gasteiger partial charge on any atom is -0.508 e. The molecule has 13 heteroatoms. The Morgan fingerprint density at radius 3 is 2.43 bits per heavy atom. The first-order valence-electron chi connectivity index (χ1n) is 10.5. The van der Waals surface area contributed by atoms with Crippen molar-refractivity contribution in [1.29, 1.82) is 0 Å². The third kappa shape index (κ3) is 4.66. The number of hydrogen-bond acceptors (Lipinski definition) is 7. The number of carbonyl (C=O) groups is 3. The fourth-order valence-electron chi connectivity index (χ4n) is 4.22. The van der Waals surface area contributed by atoms with Crippen molar-refractivity contribution in [3.05, 3.63) is 74.3 Å². The average Bonchev–Trinajstić information content (AvgIpc) is 2.80. The number of rotatable bonds is 5. The Balaban J connectivity index is 1.69. The number of allylic oxidation sites excluding steroid dienone is 4. The Bertz CT molecular complexity index is 1620. The van der Waals surface area contributed by atoms with E-state index in [0.717, 1.165) is 12.1 Å². The Morgan fingerprint density at radius 1 is 1.14 bits per heavy atom. The number of benzene rings is 2. The zero-order chi connectivity index (χ0) is 27.4. The first-order valence-corrected chi connectivity index (χ1v) is 12.7. The van der Waals surface area contributed by atoms with Crippen molar-refractivity contribution in [2.75, 3.05) is 0 Å². The first-order chi connectivity index (χ1) is 17.1. The van der Waals surface area contributed by atoms with Gasteiger partial charge in [-0.15, -0.1) is 0 Å². The van der Waals surface area contributed by atoms with E-state index in [2.05, 4.69) is 10.3 Å². The number of amides is 1. The fraction of sp³-hybridized carbons (Fsp3) is 0.167. The van der Waals surface area contributed by atoms with E-state index in [-0.39, 0.29) is 27.9 Å². The molecule has 192 valence electrons. The van der Waals surface area contributed by atoms with Crippen LogP contribution in [0.15, 0.2) is 61.9 Å². The highest BCUT2D eigenvalue weighted by molar-refractivity contribution is 7.86. The lowest BCUT2D eigenvalue weighted by molar-refractivity contribution is -0.111. The second-order valence-electron chi connectivity index (χ2n) is 8.80. The number of Topliss-reactive ketones (excluding diaryl/α,β-unsaturated/α-hetero) is 1. The molecule has 1 amide bonds. The summed E-state index contributed by atoms with van der Waals surface area (Å²) in [5.41, 5.74) is 0.297. The molecule has 37 heavy (non-hydrogen) atoms. The number of nitrogens with zero attached hydrogens (tertiary/aromatic N) is 1. The van der Waals surface area contributed by atoms with Crippen molar-refractivity contribution < 1.29 is 37.6 Å². The van der Waals surface area contributed by atoms with E-state index in [1.165, 1.54) is 18.2 Å². The summed E-state index contributed by atoms with van der Waals surface area (Å²) in [7, 11) is -4.92. The number of halogens is 2. The van der Waals surface area contributed by atoms with Gasteiger partial charge in [0.25, 0.3) is 16.0 Å². The third-order valence-corrected chi connectivity index (χ3v) is 7.62. The van der Waals surface area contributed by atoms with Gasteiger partial charge in [-0.1, -0.05) is 37.0 Å². The minimum atomic E-state index is -4.92. The van der Waals surface area contributed by atoms with E-state index in [1.807, 2.05) is 0 Å². The van der Waals surface area contributed by atoms with Crippen LogP contribution in [-0.2, 0) is 26.9 Å². The second kappa shape index (κ2) is 9.10. The lowest BCUT2D eigenvalue weighted by atomic mass is 9.71. The van der Waals surface area contributed by atoms with Crippen molar-refractivity contribution >= 4 is 62.4 Å². The van der Waals surface area contributed by atoms with Gasteiger partial charge in [-0.25, -0.2) is 9.79 Å². The predicted octanol–water partition coefficient (Wildman–Crippen LogP) is 3.83. The highest BCUT2D eigenvalue weighted by atomic mass is 35.5. The molecule has 0 fully saturated rings. The number of carboxylic acids is 1. The van der Waals surface area contributed by atoms with Gasteiger partial charge in [0, 0.05) is 23.1 Å². The van der Waals surface area contributed by atoms with E-state index in [4.69, 9.17) is 28.3 Å². The molecule has 1 aliphatic heterocycles. The summed E-state index contributed by atoms with van der Waals surface area (Å²) in [6.07, 6.45) is 1.40. The van der Waals surface area contributed by atoms with Crippen LogP contribution in [0.25, 0.3) is 0 Å². The zero-order valence-corrected chi connectivity index (χ0v) is 21.5. The number of ketones is 1. The summed E-state index contributed by atoms with van der Waals surface area (Å²) in [4.78, 5) is 39.8. The highest BCUT2D eigenvalue weighted by Gasteiger charge is 2.40. The number of aromatic hydroxyl groups is 1. The first kappa shape index (κ1) is 26.6. The minimum absolute atomic E-state index is 0.0683. The van der Waals surface area contributed by atoms with Crippen LogP contribution in [0.1, 0.15) is 45.7 Å². The molecule has 2 aromatic carbocycles. The van der Waals surface area contributed by atoms with Crippen molar-refractivity contribution in [2.24, 2.45) is 4.99 Å². The zero-order valence-electron chi connectivity index (χ0n) is 19.2. The summed E-state index contributed by atoms with van der Waals surface area (Å²) >= 11 is 12.3. The Labute approximate surface area is 220 Å². The Kier molecular flexibility index (Phi) is 6.53. The van der Waals surface area contributed by atoms with E-state index in [0.29, 0.717) is 28.6 Å². The van der Waals surface area contributed by atoms with Crippen molar-refractivity contribution in [1.82, 2.24) is 5.32 Å². The number of nitrogens with one attached hydrogen (secondary N) is 1. The monoisotopic (exact) mass is 564 g/mol. The molecule has 0 atom stereocenters. The van der Waals surface area contributed by atoms with Crippen molar-refractivity contribution in [3.63, 3.8) is 0 Å². The largest absolute Gasteiger partial charge is 0.508 e. The number of aliphatic imine (C=N–C) groups is 1. The highest BCUT2D eigenvalue weighted by Crippen LogP contribution is 2.48. The molecule has 1 aliphatic carbocycles. The SMILES string of the molecule is CC1(C)C2=C(Cl)C(=O)C(Cl)=CC2=Nc2cc(CNC(=O)c3ccc(C(=O)O)cc3S(=O)(=O)O)c(O)cc21. The standard InChI is InChI=1S/C24H18Cl2N2O8S/c1-24(2)13-7-17(29)11(5-15(13)28-16-8-14(25)21(30)20(26)19(16)24)9-27-22(31)12-4-3-10(23(32)33)6-18(12)37(34,35)36/h3-8,29H,9H2,1-2H3,(H,27,31)(H,32,33)(H,34,35,36). The smallest absolute Gasteiger partial charge is 0.335 e. The molecule has 1 heterocycles. The van der Waals surface area contributed by atoms with E-state index < -0.39 is 49.2 Å². The van der Waals surface area contributed by atoms with E-state index in [9.17, 15) is 32.5 Å². The van der Waals surface area contributed by atoms with Gasteiger partial charge in [0.15, 0.2) is 0 Å². The predicted molar refractivity (Wildman–Crippen MR) is 134 cm³/mol. The normalized spacial score (nSPS) is 16.4. The molecule has 10 nitrogen and oxygen atoms in total. The molecule has 0 unspecified atom stereocenters. The van der Waals surface area contributed by atoms with E-state index in [1.54, 1.807) is 13.8 Å². The van der Waals surface area contributed by atoms with Crippen LogP contribution in [0.2, 0.25) is 0 Å². The number of hydrogen-bond donors (Lipinski definition) is 4. The maximum Gasteiger partial charge on any atom is 0.335 e. The van der Waals surface area contributed by atoms with Gasteiger partial charge in [0.05, 0.1) is 32.6 Å². The molecule has 0 aromatic heterocycles. The van der Waals surface area contributed by atoms with Gasteiger partial charge in [-0.05, 0) is 42.0 Å². The van der Waals surface area contributed by atoms with Gasteiger partial charge < -0.3 is 15.5 Å². The van der Waals surface area contributed by atoms with Crippen LogP contribution in [0.5, 0.6) is 5.75 Å². The van der Waals surface area contributed by atoms with Gasteiger partial charge in [-0.2, -0.15) is 8.42 Å². The third-order valence-electron chi connectivity index (χ3n) is 6.08. The Morgan fingerprint density at radius 2 is 1.81 bits per heavy atom. The molecular formula is C24H18Cl2N2O8S. The van der Waals surface area contributed by atoms with Crippen LogP contribution < -0.4 is 5.32 Å². The number of fused-ring (bicyclic) bond motifs is 2. The molecular weight excluding hydrogens is 547 g/mol. The number of carbonyl (C=O) groups excluding carboxylic acids is 2. The average molecular weight is 565 g/mol. The summed E-state index contributed by atoms with van der Waals surface area (Å²) < 4.78 is 33.0. The second-order valence-corrected chi connectivity index (χ2v) is 11.0. The molecule has 0 saturated carbocycles. The molecule has 0 spiro atoms. The lowest BCUT2D eigenvalue weighted by Crippen LogP contribution is -2.33. The topological polar surface area (TPSA) is 170 Å². The van der Waals surface area contributed by atoms with Crippen LogP contribution >= 0.6 is 23.2 Å². The summed E-state index contributed by atoms with van der Waals surface area (Å²) in [6.45, 7) is 3.33. The molecule has 0 radical (unpaired) electrons. The molecule has 0 bridgehead atoms. The van der Waals surface area contributed by atoms with Gasteiger partial charge in [0.1, 0.15) is 10.6 Å². The van der Waals surface area contributed by atoms with Gasteiger partial charge in [-0.3, -0.25) is 14.1 Å². The molecule has 4 N–H and O–H groups in total. The fourth-order valence-corrected chi connectivity index (χ4v) is 5.61. The number of phenols is 1. The Hall–Kier alpha value is -3.51. The maximum absolute atomic E-state index is 12.7. The van der Waals surface area contributed by atoms with Crippen molar-refractivity contribution in [2.45, 2.75) is 30.7 Å². The van der Waals surface area contributed by atoms with Crippen molar-refractivity contribution in [3.8, 4) is 5.75 Å². The number of phenolic OH excluding ortho intramolecular Hbond substituents is 1. The molecule has 2 aliphatic rings. The van der Waals surface area contributed by atoms with Crippen LogP contribution in [0, 0.1) is 0 Å². The van der Waals surface area contributed by atoms with Crippen LogP contribution in [0.3, 0.4) is 0 Å². The molecule has 2 aromatic rings.